The smallest absolute Gasteiger partial charge is 1.00 e. The molecule has 24 heteroatoms. The van der Waals surface area contributed by atoms with Crippen LogP contribution in [0.5, 0.6) is 0 Å². The van der Waals surface area contributed by atoms with Gasteiger partial charge in [0.05, 0.1) is 26.7 Å². The maximum atomic E-state index is 12.5. The third-order valence-corrected chi connectivity index (χ3v) is 15.6. The molecule has 1 saturated heterocycles. The van der Waals surface area contributed by atoms with Crippen LogP contribution in [0.2, 0.25) is 0 Å². The molecule has 0 radical (unpaired) electrons. The van der Waals surface area contributed by atoms with Crippen molar-refractivity contribution in [3.05, 3.63) is 113 Å². The van der Waals surface area contributed by atoms with Crippen LogP contribution in [0.25, 0.3) is 5.57 Å². The predicted molar refractivity (Wildman–Crippen MR) is 253 cm³/mol. The van der Waals surface area contributed by atoms with Gasteiger partial charge in [0.2, 0.25) is 5.69 Å². The number of benzene rings is 3. The molecule has 3 aromatic rings. The molecule has 2 amide bonds. The van der Waals surface area contributed by atoms with Gasteiger partial charge in [-0.2, -0.15) is 29.8 Å². The van der Waals surface area contributed by atoms with E-state index < -0.39 is 85.5 Å². The maximum Gasteiger partial charge on any atom is 1.00 e. The zero-order valence-electron chi connectivity index (χ0n) is 40.2. The number of allylic oxidation sites excluding steroid dienone is 6. The Balaban J connectivity index is 0.00000548. The van der Waals surface area contributed by atoms with E-state index in [1.807, 2.05) is 52.0 Å². The third kappa shape index (κ3) is 13.6. The summed E-state index contributed by atoms with van der Waals surface area (Å²) in [6.45, 7) is 7.40. The van der Waals surface area contributed by atoms with Crippen LogP contribution in [0.3, 0.4) is 0 Å². The number of imide groups is 1. The number of aryl methyl sites for hydroxylation is 1. The molecule has 70 heavy (non-hydrogen) atoms. The van der Waals surface area contributed by atoms with Crippen LogP contribution in [-0.4, -0.2) is 110 Å². The van der Waals surface area contributed by atoms with Gasteiger partial charge in [-0.1, -0.05) is 44.2 Å². The molecule has 0 saturated carbocycles. The Bertz CT molecular complexity index is 3170. The predicted octanol–water partition coefficient (Wildman–Crippen LogP) is 2.53. The standard InChI is InChI=1S/C46H53N3O16S4.Na.H/c1-45(2)36-29-34(68(59,60)61)16-18-38(36)47(24-8-26-66(53,54)55)40(45)20-14-32(33-12-7-11-31(28-33)10-5-6-13-44(52)65-49-42(50)22-23-43(49)51)15-21-41-46(3,4)37-30-35(69(62,63)64)17-19-39(37)48(41)25-9-27-67(56,57)58;;/h7,11-12,14-21,28-30H,5-6,8-10,13,22-27H2,1-4H3,(H3-,53,54,55,56,57,58,59,60,61,62,63,64);;/q;+1;-1. The van der Waals surface area contributed by atoms with Crippen LogP contribution >= 0.6 is 0 Å². The first-order chi connectivity index (χ1) is 32.0. The average Bonchev–Trinajstić information content (AvgIpc) is 3.75. The van der Waals surface area contributed by atoms with Crippen LogP contribution in [0.1, 0.15) is 96.3 Å². The number of hydrogen-bond acceptors (Lipinski definition) is 14. The van der Waals surface area contributed by atoms with Crippen molar-refractivity contribution in [1.82, 2.24) is 5.06 Å². The number of hydrogen-bond donors (Lipinski definition) is 3. The van der Waals surface area contributed by atoms with Crippen molar-refractivity contribution in [3.8, 4) is 0 Å². The molecule has 0 spiro atoms. The molecule has 0 aromatic heterocycles. The first-order valence-corrected chi connectivity index (χ1v) is 27.9. The van der Waals surface area contributed by atoms with Crippen molar-refractivity contribution in [2.45, 2.75) is 99.7 Å². The number of carbonyl (C=O) groups excluding carboxylic acids is 3. The molecule has 3 N–H and O–H groups in total. The van der Waals surface area contributed by atoms with E-state index in [4.69, 9.17) is 4.84 Å². The van der Waals surface area contributed by atoms with E-state index in [1.54, 1.807) is 33.8 Å². The van der Waals surface area contributed by atoms with Gasteiger partial charge in [-0.05, 0) is 104 Å². The van der Waals surface area contributed by atoms with Crippen molar-refractivity contribution >= 4 is 80.9 Å². The normalized spacial score (nSPS) is 17.7. The number of carbonyl (C=O) groups is 3. The van der Waals surface area contributed by atoms with Crippen molar-refractivity contribution < 1.29 is 107 Å². The summed E-state index contributed by atoms with van der Waals surface area (Å²) >= 11 is 0. The molecule has 3 aliphatic rings. The van der Waals surface area contributed by atoms with Gasteiger partial charge in [0.1, 0.15) is 16.7 Å². The molecule has 19 nitrogen and oxygen atoms in total. The van der Waals surface area contributed by atoms with Crippen LogP contribution < -0.4 is 34.5 Å². The molecule has 3 aliphatic heterocycles. The van der Waals surface area contributed by atoms with Gasteiger partial charge in [0.15, 0.2) is 5.71 Å². The van der Waals surface area contributed by atoms with E-state index in [9.17, 15) is 66.3 Å². The molecule has 6 rings (SSSR count). The number of hydroxylamine groups is 2. The summed E-state index contributed by atoms with van der Waals surface area (Å²) in [5, 5.41) is 0.500. The van der Waals surface area contributed by atoms with E-state index in [1.165, 1.54) is 36.4 Å². The number of amides is 2. The number of rotatable bonds is 20. The monoisotopic (exact) mass is 1060 g/mol. The topological polar surface area (TPSA) is 290 Å². The summed E-state index contributed by atoms with van der Waals surface area (Å²) in [4.78, 5) is 42.2. The van der Waals surface area contributed by atoms with Gasteiger partial charge in [-0.3, -0.25) is 23.2 Å². The number of anilines is 1. The van der Waals surface area contributed by atoms with Crippen LogP contribution in [0, 0.1) is 0 Å². The van der Waals surface area contributed by atoms with E-state index in [2.05, 4.69) is 0 Å². The van der Waals surface area contributed by atoms with E-state index in [-0.39, 0.29) is 81.1 Å². The molecule has 3 heterocycles. The molecule has 0 bridgehead atoms. The van der Waals surface area contributed by atoms with Gasteiger partial charge in [0, 0.05) is 66.7 Å². The largest absolute Gasteiger partial charge is 1.00 e. The number of unbranched alkanes of at least 4 members (excludes halogenated alkanes) is 1. The molecule has 0 unspecified atom stereocenters. The molecular formula is C46H54N3NaO16S4. The fraction of sp³-hybridized carbons (Fsp3) is 0.391. The minimum atomic E-state index is -4.87. The Labute approximate surface area is 431 Å². The van der Waals surface area contributed by atoms with Crippen molar-refractivity contribution in [2.24, 2.45) is 0 Å². The number of nitrogens with zero attached hydrogens (tertiary/aromatic N) is 3. The maximum absolute atomic E-state index is 12.5. The Hall–Kier alpha value is -4.40. The van der Waals surface area contributed by atoms with Crippen molar-refractivity contribution in [1.29, 1.82) is 0 Å². The van der Waals surface area contributed by atoms with E-state index >= 15 is 0 Å². The van der Waals surface area contributed by atoms with Gasteiger partial charge in [0.25, 0.3) is 42.2 Å². The third-order valence-electron chi connectivity index (χ3n) is 12.3. The van der Waals surface area contributed by atoms with Gasteiger partial charge in [-0.25, -0.2) is 13.2 Å². The zero-order valence-corrected chi connectivity index (χ0v) is 44.5. The summed E-state index contributed by atoms with van der Waals surface area (Å²) in [6.07, 6.45) is 8.34. The second-order valence-electron chi connectivity index (χ2n) is 18.0. The van der Waals surface area contributed by atoms with Crippen LogP contribution in [-0.2, 0) is 76.9 Å². The summed E-state index contributed by atoms with van der Waals surface area (Å²) in [6, 6.07) is 15.5. The molecule has 374 valence electrons. The first kappa shape index (κ1) is 56.5. The molecule has 0 atom stereocenters. The van der Waals surface area contributed by atoms with Crippen LogP contribution in [0.15, 0.2) is 100 Å². The number of fused-ring (bicyclic) bond motifs is 2. The molecular weight excluding hydrogens is 1000 g/mol. The van der Waals surface area contributed by atoms with Crippen molar-refractivity contribution in [2.75, 3.05) is 29.5 Å². The molecule has 3 aromatic carbocycles. The summed E-state index contributed by atoms with van der Waals surface area (Å²) in [5.74, 6) is -3.02. The molecule has 0 aliphatic carbocycles. The van der Waals surface area contributed by atoms with Crippen LogP contribution in [0.4, 0.5) is 11.4 Å². The second kappa shape index (κ2) is 21.8. The minimum Gasteiger partial charge on any atom is -1.00 e. The quantitative estimate of drug-likeness (QED) is 0.0366. The fourth-order valence-corrected chi connectivity index (χ4v) is 10.8. The second-order valence-corrected chi connectivity index (χ2v) is 23.9. The van der Waals surface area contributed by atoms with Gasteiger partial charge >= 0.3 is 35.5 Å². The Morgan fingerprint density at radius 2 is 1.43 bits per heavy atom. The van der Waals surface area contributed by atoms with Crippen molar-refractivity contribution in [3.63, 3.8) is 0 Å². The fourth-order valence-electron chi connectivity index (χ4n) is 8.81. The van der Waals surface area contributed by atoms with E-state index in [0.717, 1.165) is 5.56 Å². The average molecular weight is 1060 g/mol. The SMILES string of the molecule is CC1(C)C(=CC=C(C=CC2=[N+](CCCS(=O)(=O)O)c3ccc(S(=O)(=O)[O-])cc3C2(C)C)c2cccc(CCCCC(=O)ON3C(=O)CCC3=O)c2)N(CCCS(=O)(=O)O)c2ccc(S(=O)(=O)O)cc21.[H-].[Na+]. The van der Waals surface area contributed by atoms with E-state index in [0.29, 0.717) is 69.4 Å². The molecule has 1 fully saturated rings. The van der Waals surface area contributed by atoms with Gasteiger partial charge in [-0.15, -0.1) is 5.06 Å². The Morgan fingerprint density at radius 1 is 0.800 bits per heavy atom. The summed E-state index contributed by atoms with van der Waals surface area (Å²) in [7, 11) is -18.2. The Kier molecular flexibility index (Phi) is 17.6. The summed E-state index contributed by atoms with van der Waals surface area (Å²) in [5.41, 5.74) is 3.37. The first-order valence-electron chi connectivity index (χ1n) is 21.8. The summed E-state index contributed by atoms with van der Waals surface area (Å²) < 4.78 is 139. The zero-order chi connectivity index (χ0) is 50.9. The van der Waals surface area contributed by atoms with Gasteiger partial charge < -0.3 is 15.7 Å². The Morgan fingerprint density at radius 3 is 2.06 bits per heavy atom. The minimum absolute atomic E-state index is 0.